The highest BCUT2D eigenvalue weighted by Gasteiger charge is 2.24. The van der Waals surface area contributed by atoms with Crippen LogP contribution in [0.15, 0.2) is 18.3 Å². The van der Waals surface area contributed by atoms with Gasteiger partial charge < -0.3 is 9.30 Å². The molecule has 0 aliphatic heterocycles. The minimum absolute atomic E-state index is 0.599. The molecule has 0 N–H and O–H groups in total. The van der Waals surface area contributed by atoms with Gasteiger partial charge in [-0.2, -0.15) is 0 Å². The van der Waals surface area contributed by atoms with E-state index in [1.54, 1.807) is 7.11 Å². The molecule has 90 valence electrons. The maximum Gasteiger partial charge on any atom is 0.160 e. The molecule has 4 nitrogen and oxygen atoms in total. The summed E-state index contributed by atoms with van der Waals surface area (Å²) in [6, 6.07) is 4.58. The number of pyridine rings is 1. The first kappa shape index (κ1) is 10.7. The van der Waals surface area contributed by atoms with Crippen molar-refractivity contribution in [2.24, 2.45) is 0 Å². The number of imidazole rings is 1. The standard InChI is InChI=1S/C13H17N3O/c1-17-9-7-12-15-11-6-3-8-14-13(11)16(12)10-4-2-5-10/h3,6,8,10H,2,4-5,7,9H2,1H3. The van der Waals surface area contributed by atoms with Gasteiger partial charge in [-0.25, -0.2) is 9.97 Å². The number of rotatable bonds is 4. The van der Waals surface area contributed by atoms with E-state index in [2.05, 4.69) is 14.5 Å². The van der Waals surface area contributed by atoms with Crippen molar-refractivity contribution in [3.63, 3.8) is 0 Å². The van der Waals surface area contributed by atoms with E-state index in [4.69, 9.17) is 4.74 Å². The van der Waals surface area contributed by atoms with Crippen LogP contribution in [0.2, 0.25) is 0 Å². The Balaban J connectivity index is 2.05. The number of nitrogens with zero attached hydrogens (tertiary/aromatic N) is 3. The van der Waals surface area contributed by atoms with Gasteiger partial charge in [-0.15, -0.1) is 0 Å². The predicted octanol–water partition coefficient (Wildman–Crippen LogP) is 2.35. The molecule has 0 atom stereocenters. The van der Waals surface area contributed by atoms with E-state index in [1.165, 1.54) is 19.3 Å². The van der Waals surface area contributed by atoms with Gasteiger partial charge in [0, 0.05) is 25.8 Å². The lowest BCUT2D eigenvalue weighted by molar-refractivity contribution is 0.197. The molecule has 17 heavy (non-hydrogen) atoms. The monoisotopic (exact) mass is 231 g/mol. The number of hydrogen-bond acceptors (Lipinski definition) is 3. The SMILES string of the molecule is COCCc1nc2cccnc2n1C1CCC1. The molecule has 0 aromatic carbocycles. The highest BCUT2D eigenvalue weighted by Crippen LogP contribution is 2.34. The Hall–Kier alpha value is -1.42. The molecule has 0 saturated heterocycles. The average Bonchev–Trinajstić information content (AvgIpc) is 2.64. The molecule has 1 fully saturated rings. The molecular weight excluding hydrogens is 214 g/mol. The minimum Gasteiger partial charge on any atom is -0.384 e. The zero-order chi connectivity index (χ0) is 11.7. The molecule has 2 aromatic heterocycles. The van der Waals surface area contributed by atoms with Gasteiger partial charge in [0.05, 0.1) is 6.61 Å². The van der Waals surface area contributed by atoms with E-state index in [-0.39, 0.29) is 0 Å². The minimum atomic E-state index is 0.599. The Morgan fingerprint density at radius 1 is 1.47 bits per heavy atom. The van der Waals surface area contributed by atoms with Crippen molar-refractivity contribution in [2.75, 3.05) is 13.7 Å². The van der Waals surface area contributed by atoms with Crippen LogP contribution in [0.5, 0.6) is 0 Å². The largest absolute Gasteiger partial charge is 0.384 e. The Morgan fingerprint density at radius 2 is 2.35 bits per heavy atom. The van der Waals surface area contributed by atoms with Crippen LogP contribution in [-0.4, -0.2) is 28.3 Å². The molecule has 0 amide bonds. The summed E-state index contributed by atoms with van der Waals surface area (Å²) in [5.41, 5.74) is 2.04. The third-order valence-corrected chi connectivity index (χ3v) is 3.49. The van der Waals surface area contributed by atoms with Crippen molar-refractivity contribution in [3.05, 3.63) is 24.2 Å². The predicted molar refractivity (Wildman–Crippen MR) is 66.0 cm³/mol. The highest BCUT2D eigenvalue weighted by atomic mass is 16.5. The van der Waals surface area contributed by atoms with Crippen molar-refractivity contribution >= 4 is 11.2 Å². The van der Waals surface area contributed by atoms with Crippen molar-refractivity contribution < 1.29 is 4.74 Å². The molecule has 0 unspecified atom stereocenters. The number of aromatic nitrogens is 3. The summed E-state index contributed by atoms with van der Waals surface area (Å²) in [5, 5.41) is 0. The lowest BCUT2D eigenvalue weighted by Gasteiger charge is -2.28. The fraction of sp³-hybridized carbons (Fsp3) is 0.538. The maximum absolute atomic E-state index is 5.15. The van der Waals surface area contributed by atoms with E-state index >= 15 is 0 Å². The van der Waals surface area contributed by atoms with Crippen LogP contribution in [0.25, 0.3) is 11.2 Å². The topological polar surface area (TPSA) is 39.9 Å². The lowest BCUT2D eigenvalue weighted by atomic mass is 9.92. The van der Waals surface area contributed by atoms with Crippen molar-refractivity contribution in [3.8, 4) is 0 Å². The maximum atomic E-state index is 5.15. The van der Waals surface area contributed by atoms with Gasteiger partial charge in [0.2, 0.25) is 0 Å². The first-order valence-electron chi connectivity index (χ1n) is 6.21. The molecule has 1 aliphatic carbocycles. The summed E-state index contributed by atoms with van der Waals surface area (Å²) >= 11 is 0. The zero-order valence-electron chi connectivity index (χ0n) is 10.1. The van der Waals surface area contributed by atoms with Crippen LogP contribution < -0.4 is 0 Å². The number of methoxy groups -OCH3 is 1. The molecule has 1 saturated carbocycles. The Morgan fingerprint density at radius 3 is 3.06 bits per heavy atom. The van der Waals surface area contributed by atoms with Crippen LogP contribution in [0, 0.1) is 0 Å². The van der Waals surface area contributed by atoms with Crippen molar-refractivity contribution in [2.45, 2.75) is 31.7 Å². The Labute approximate surface area is 101 Å². The summed E-state index contributed by atoms with van der Waals surface area (Å²) in [4.78, 5) is 9.15. The molecular formula is C13H17N3O. The zero-order valence-corrected chi connectivity index (χ0v) is 10.1. The summed E-state index contributed by atoms with van der Waals surface area (Å²) in [7, 11) is 1.73. The molecule has 0 radical (unpaired) electrons. The van der Waals surface area contributed by atoms with E-state index in [1.807, 2.05) is 18.3 Å². The number of ether oxygens (including phenoxy) is 1. The molecule has 1 aliphatic rings. The van der Waals surface area contributed by atoms with Crippen LogP contribution >= 0.6 is 0 Å². The Bertz CT molecular complexity index is 516. The van der Waals surface area contributed by atoms with Gasteiger partial charge in [-0.1, -0.05) is 0 Å². The van der Waals surface area contributed by atoms with Gasteiger partial charge in [0.25, 0.3) is 0 Å². The van der Waals surface area contributed by atoms with Crippen LogP contribution in [0.3, 0.4) is 0 Å². The molecule has 0 spiro atoms. The molecule has 4 heteroatoms. The van der Waals surface area contributed by atoms with E-state index in [0.29, 0.717) is 6.04 Å². The fourth-order valence-corrected chi connectivity index (χ4v) is 2.37. The van der Waals surface area contributed by atoms with Crippen molar-refractivity contribution in [1.29, 1.82) is 0 Å². The summed E-state index contributed by atoms with van der Waals surface area (Å²) in [5.74, 6) is 1.12. The second kappa shape index (κ2) is 4.45. The molecule has 2 aromatic rings. The van der Waals surface area contributed by atoms with Gasteiger partial charge in [0.15, 0.2) is 5.65 Å². The second-order valence-corrected chi connectivity index (χ2v) is 4.57. The Kier molecular flexibility index (Phi) is 2.81. The number of fused-ring (bicyclic) bond motifs is 1. The van der Waals surface area contributed by atoms with Gasteiger partial charge in [-0.05, 0) is 31.4 Å². The van der Waals surface area contributed by atoms with E-state index < -0.39 is 0 Å². The second-order valence-electron chi connectivity index (χ2n) is 4.57. The first-order chi connectivity index (χ1) is 8.40. The first-order valence-corrected chi connectivity index (χ1v) is 6.21. The smallest absolute Gasteiger partial charge is 0.160 e. The fourth-order valence-electron chi connectivity index (χ4n) is 2.37. The summed E-state index contributed by atoms with van der Waals surface area (Å²) < 4.78 is 7.47. The van der Waals surface area contributed by atoms with Crippen LogP contribution in [0.4, 0.5) is 0 Å². The van der Waals surface area contributed by atoms with Gasteiger partial charge in [0.1, 0.15) is 11.3 Å². The molecule has 2 heterocycles. The molecule has 3 rings (SSSR count). The van der Waals surface area contributed by atoms with Crippen LogP contribution in [0.1, 0.15) is 31.1 Å². The molecule has 0 bridgehead atoms. The van der Waals surface area contributed by atoms with Gasteiger partial charge in [-0.3, -0.25) is 0 Å². The quantitative estimate of drug-likeness (QED) is 0.811. The highest BCUT2D eigenvalue weighted by molar-refractivity contribution is 5.71. The van der Waals surface area contributed by atoms with E-state index in [0.717, 1.165) is 30.0 Å². The summed E-state index contributed by atoms with van der Waals surface area (Å²) in [6.45, 7) is 0.718. The van der Waals surface area contributed by atoms with Crippen molar-refractivity contribution in [1.82, 2.24) is 14.5 Å². The lowest BCUT2D eigenvalue weighted by Crippen LogP contribution is -2.20. The third kappa shape index (κ3) is 1.82. The third-order valence-electron chi connectivity index (χ3n) is 3.49. The van der Waals surface area contributed by atoms with Gasteiger partial charge >= 0.3 is 0 Å². The number of hydrogen-bond donors (Lipinski definition) is 0. The van der Waals surface area contributed by atoms with E-state index in [9.17, 15) is 0 Å². The summed E-state index contributed by atoms with van der Waals surface area (Å²) in [6.07, 6.45) is 6.54. The van der Waals surface area contributed by atoms with Crippen LogP contribution in [-0.2, 0) is 11.2 Å². The normalized spacial score (nSPS) is 16.3. The average molecular weight is 231 g/mol.